The minimum Gasteiger partial charge on any atom is -0.0798 e. The zero-order valence-corrected chi connectivity index (χ0v) is 11.5. The molecule has 98 valence electrons. The molecule has 2 aromatic rings. The van der Waals surface area contributed by atoms with E-state index < -0.39 is 0 Å². The molecule has 0 fully saturated rings. The minimum atomic E-state index is 0.688. The minimum absolute atomic E-state index is 0.688. The van der Waals surface area contributed by atoms with E-state index in [2.05, 4.69) is 72.8 Å². The zero-order chi connectivity index (χ0) is 13.4. The lowest BCUT2D eigenvalue weighted by molar-refractivity contribution is 0.574. The average molecular weight is 258 g/mol. The molecule has 0 bridgehead atoms. The smallest absolute Gasteiger partial charge is 0.00525 e. The Morgan fingerprint density at radius 2 is 0.950 bits per heavy atom. The van der Waals surface area contributed by atoms with Crippen LogP contribution in [0.25, 0.3) is 11.1 Å². The SMILES string of the molecule is C1=C(c2ccccc2)C2CC=C(c3ccccc3)C2C1. The van der Waals surface area contributed by atoms with Gasteiger partial charge in [-0.3, -0.25) is 0 Å². The van der Waals surface area contributed by atoms with E-state index in [1.807, 2.05) is 0 Å². The van der Waals surface area contributed by atoms with Crippen LogP contribution in [0.15, 0.2) is 72.8 Å². The van der Waals surface area contributed by atoms with Crippen molar-refractivity contribution >= 4 is 11.1 Å². The molecular formula is C20H18. The summed E-state index contributed by atoms with van der Waals surface area (Å²) in [5.41, 5.74) is 5.92. The van der Waals surface area contributed by atoms with Crippen LogP contribution < -0.4 is 0 Å². The van der Waals surface area contributed by atoms with Gasteiger partial charge in [-0.1, -0.05) is 72.8 Å². The van der Waals surface area contributed by atoms with Crippen molar-refractivity contribution < 1.29 is 0 Å². The molecule has 0 saturated heterocycles. The van der Waals surface area contributed by atoms with Crippen LogP contribution in [0.5, 0.6) is 0 Å². The lowest BCUT2D eigenvalue weighted by atomic mass is 9.85. The fourth-order valence-corrected chi connectivity index (χ4v) is 3.75. The third-order valence-corrected chi connectivity index (χ3v) is 4.68. The Morgan fingerprint density at radius 3 is 1.35 bits per heavy atom. The van der Waals surface area contributed by atoms with Gasteiger partial charge in [0.1, 0.15) is 0 Å². The maximum Gasteiger partial charge on any atom is -0.00525 e. The predicted octanol–water partition coefficient (Wildman–Crippen LogP) is 5.19. The first kappa shape index (κ1) is 11.7. The molecule has 0 N–H and O–H groups in total. The van der Waals surface area contributed by atoms with Gasteiger partial charge in [0.25, 0.3) is 0 Å². The number of allylic oxidation sites excluding steroid dienone is 4. The van der Waals surface area contributed by atoms with E-state index in [0.29, 0.717) is 11.8 Å². The topological polar surface area (TPSA) is 0 Å². The molecule has 2 unspecified atom stereocenters. The summed E-state index contributed by atoms with van der Waals surface area (Å²) in [5, 5.41) is 0. The highest BCUT2D eigenvalue weighted by atomic mass is 14.4. The van der Waals surface area contributed by atoms with Crippen molar-refractivity contribution in [1.82, 2.24) is 0 Å². The summed E-state index contributed by atoms with van der Waals surface area (Å²) in [7, 11) is 0. The molecule has 0 aromatic heterocycles. The summed E-state index contributed by atoms with van der Waals surface area (Å²) in [5.74, 6) is 1.38. The lowest BCUT2D eigenvalue weighted by Gasteiger charge is -2.18. The molecule has 0 heteroatoms. The molecule has 0 nitrogen and oxygen atoms in total. The molecule has 0 heterocycles. The second-order valence-corrected chi connectivity index (χ2v) is 5.74. The molecule has 0 saturated carbocycles. The van der Waals surface area contributed by atoms with Crippen LogP contribution in [0.2, 0.25) is 0 Å². The van der Waals surface area contributed by atoms with E-state index >= 15 is 0 Å². The quantitative estimate of drug-likeness (QED) is 0.695. The van der Waals surface area contributed by atoms with Crippen LogP contribution in [0.4, 0.5) is 0 Å². The van der Waals surface area contributed by atoms with Gasteiger partial charge in [0.05, 0.1) is 0 Å². The van der Waals surface area contributed by atoms with Gasteiger partial charge in [-0.15, -0.1) is 0 Å². The van der Waals surface area contributed by atoms with Crippen LogP contribution in [0.3, 0.4) is 0 Å². The molecule has 4 rings (SSSR count). The van der Waals surface area contributed by atoms with Crippen molar-refractivity contribution in [2.75, 3.05) is 0 Å². The summed E-state index contributed by atoms with van der Waals surface area (Å²) in [6.45, 7) is 0. The van der Waals surface area contributed by atoms with E-state index in [-0.39, 0.29) is 0 Å². The average Bonchev–Trinajstić information content (AvgIpc) is 3.10. The standard InChI is InChI=1S/C20H18/c1-3-7-15(8-4-1)17-11-13-20-18(12-14-19(17)20)16-9-5-2-6-10-16/h1-12,19-20H,13-14H2. The first-order valence-electron chi connectivity index (χ1n) is 7.44. The molecular weight excluding hydrogens is 240 g/mol. The number of rotatable bonds is 2. The summed E-state index contributed by atoms with van der Waals surface area (Å²) >= 11 is 0. The third-order valence-electron chi connectivity index (χ3n) is 4.68. The fraction of sp³-hybridized carbons (Fsp3) is 0.200. The maximum atomic E-state index is 2.46. The molecule has 0 aliphatic heterocycles. The molecule has 20 heavy (non-hydrogen) atoms. The fourth-order valence-electron chi connectivity index (χ4n) is 3.75. The molecule has 2 atom stereocenters. The van der Waals surface area contributed by atoms with Gasteiger partial charge in [-0.25, -0.2) is 0 Å². The van der Waals surface area contributed by atoms with E-state index in [1.54, 1.807) is 11.1 Å². The Kier molecular flexibility index (Phi) is 2.81. The largest absolute Gasteiger partial charge is 0.0798 e. The first-order chi connectivity index (χ1) is 9.93. The van der Waals surface area contributed by atoms with Gasteiger partial charge in [0.2, 0.25) is 0 Å². The van der Waals surface area contributed by atoms with Crippen LogP contribution >= 0.6 is 0 Å². The van der Waals surface area contributed by atoms with Gasteiger partial charge in [-0.2, -0.15) is 0 Å². The van der Waals surface area contributed by atoms with E-state index in [9.17, 15) is 0 Å². The highest BCUT2D eigenvalue weighted by Gasteiger charge is 2.36. The monoisotopic (exact) mass is 258 g/mol. The Morgan fingerprint density at radius 1 is 0.550 bits per heavy atom. The summed E-state index contributed by atoms with van der Waals surface area (Å²) in [4.78, 5) is 0. The molecule has 0 amide bonds. The van der Waals surface area contributed by atoms with Crippen molar-refractivity contribution in [3.8, 4) is 0 Å². The Labute approximate surface area is 120 Å². The molecule has 2 aliphatic carbocycles. The molecule has 0 radical (unpaired) electrons. The number of fused-ring (bicyclic) bond motifs is 1. The number of benzene rings is 2. The Hall–Kier alpha value is -2.08. The van der Waals surface area contributed by atoms with E-state index in [1.165, 1.54) is 24.0 Å². The molecule has 0 spiro atoms. The summed E-state index contributed by atoms with van der Waals surface area (Å²) in [6, 6.07) is 21.7. The highest BCUT2D eigenvalue weighted by Crippen LogP contribution is 2.50. The number of hydrogen-bond donors (Lipinski definition) is 0. The van der Waals surface area contributed by atoms with Crippen LogP contribution in [0, 0.1) is 11.8 Å². The second-order valence-electron chi connectivity index (χ2n) is 5.74. The first-order valence-corrected chi connectivity index (χ1v) is 7.44. The second kappa shape index (κ2) is 4.79. The molecule has 2 aromatic carbocycles. The summed E-state index contributed by atoms with van der Waals surface area (Å²) in [6.07, 6.45) is 7.30. The summed E-state index contributed by atoms with van der Waals surface area (Å²) < 4.78 is 0. The van der Waals surface area contributed by atoms with Crippen LogP contribution in [0.1, 0.15) is 24.0 Å². The van der Waals surface area contributed by atoms with E-state index in [0.717, 1.165) is 0 Å². The van der Waals surface area contributed by atoms with Crippen molar-refractivity contribution in [1.29, 1.82) is 0 Å². The van der Waals surface area contributed by atoms with Gasteiger partial charge in [-0.05, 0) is 47.0 Å². The van der Waals surface area contributed by atoms with Gasteiger partial charge < -0.3 is 0 Å². The van der Waals surface area contributed by atoms with Gasteiger partial charge in [0.15, 0.2) is 0 Å². The Balaban J connectivity index is 1.63. The van der Waals surface area contributed by atoms with Crippen LogP contribution in [-0.4, -0.2) is 0 Å². The Bertz CT molecular complexity index is 600. The number of hydrogen-bond acceptors (Lipinski definition) is 0. The van der Waals surface area contributed by atoms with Crippen molar-refractivity contribution in [2.45, 2.75) is 12.8 Å². The highest BCUT2D eigenvalue weighted by molar-refractivity contribution is 5.80. The van der Waals surface area contributed by atoms with Crippen LogP contribution in [-0.2, 0) is 0 Å². The third kappa shape index (κ3) is 1.84. The van der Waals surface area contributed by atoms with Gasteiger partial charge in [0, 0.05) is 0 Å². The molecule has 2 aliphatic rings. The van der Waals surface area contributed by atoms with Crippen molar-refractivity contribution in [3.63, 3.8) is 0 Å². The lowest BCUT2D eigenvalue weighted by Crippen LogP contribution is -2.06. The normalized spacial score (nSPS) is 24.2. The van der Waals surface area contributed by atoms with Crippen molar-refractivity contribution in [2.24, 2.45) is 11.8 Å². The van der Waals surface area contributed by atoms with Crippen molar-refractivity contribution in [3.05, 3.63) is 83.9 Å². The zero-order valence-electron chi connectivity index (χ0n) is 11.5. The van der Waals surface area contributed by atoms with E-state index in [4.69, 9.17) is 0 Å². The van der Waals surface area contributed by atoms with Gasteiger partial charge >= 0.3 is 0 Å². The maximum absolute atomic E-state index is 2.46. The predicted molar refractivity (Wildman–Crippen MR) is 85.1 cm³/mol.